The predicted octanol–water partition coefficient (Wildman–Crippen LogP) is 5.07. The first-order valence-corrected chi connectivity index (χ1v) is 9.94. The molecule has 1 N–H and O–H groups in total. The minimum atomic E-state index is -0.348. The first-order chi connectivity index (χ1) is 14.9. The second-order valence-corrected chi connectivity index (χ2v) is 7.32. The van der Waals surface area contributed by atoms with Crippen molar-refractivity contribution in [3.63, 3.8) is 0 Å². The lowest BCUT2D eigenvalue weighted by Gasteiger charge is -2.13. The van der Waals surface area contributed by atoms with Crippen molar-refractivity contribution in [1.29, 1.82) is 0 Å². The van der Waals surface area contributed by atoms with E-state index in [0.29, 0.717) is 34.3 Å². The average Bonchev–Trinajstić information content (AvgIpc) is 2.74. The lowest BCUT2D eigenvalue weighted by Crippen LogP contribution is -2.19. The highest BCUT2D eigenvalue weighted by Gasteiger charge is 2.12. The van der Waals surface area contributed by atoms with Gasteiger partial charge in [-0.2, -0.15) is 5.10 Å². The monoisotopic (exact) mass is 440 g/mol. The Balaban J connectivity index is 1.63. The molecule has 0 aliphatic heterocycles. The van der Waals surface area contributed by atoms with Gasteiger partial charge in [-0.05, 0) is 47.9 Å². The van der Waals surface area contributed by atoms with Crippen molar-refractivity contribution in [2.75, 3.05) is 7.11 Å². The van der Waals surface area contributed by atoms with E-state index in [9.17, 15) is 9.18 Å². The molecule has 0 spiro atoms. The molecule has 0 atom stereocenters. The van der Waals surface area contributed by atoms with E-state index in [0.717, 1.165) is 11.1 Å². The van der Waals surface area contributed by atoms with E-state index in [-0.39, 0.29) is 18.1 Å². The van der Waals surface area contributed by atoms with Crippen molar-refractivity contribution in [2.45, 2.75) is 20.0 Å². The van der Waals surface area contributed by atoms with E-state index < -0.39 is 0 Å². The van der Waals surface area contributed by atoms with Gasteiger partial charge in [0.2, 0.25) is 5.91 Å². The Morgan fingerprint density at radius 2 is 1.90 bits per heavy atom. The number of halogens is 2. The van der Waals surface area contributed by atoms with Crippen LogP contribution in [0.5, 0.6) is 11.5 Å². The number of hydrogen-bond donors (Lipinski definition) is 1. The van der Waals surface area contributed by atoms with Gasteiger partial charge in [0.15, 0.2) is 11.5 Å². The fourth-order valence-corrected chi connectivity index (χ4v) is 3.19. The smallest absolute Gasteiger partial charge is 0.244 e. The maximum atomic E-state index is 12.9. The van der Waals surface area contributed by atoms with Gasteiger partial charge in [-0.25, -0.2) is 9.82 Å². The molecule has 160 valence electrons. The third-order valence-electron chi connectivity index (χ3n) is 4.40. The number of rotatable bonds is 8. The van der Waals surface area contributed by atoms with E-state index in [2.05, 4.69) is 10.5 Å². The van der Waals surface area contributed by atoms with Crippen LogP contribution in [-0.4, -0.2) is 19.2 Å². The van der Waals surface area contributed by atoms with Crippen LogP contribution in [-0.2, 0) is 17.8 Å². The first kappa shape index (κ1) is 22.3. The van der Waals surface area contributed by atoms with Crippen LogP contribution in [0, 0.1) is 12.7 Å². The van der Waals surface area contributed by atoms with Gasteiger partial charge >= 0.3 is 0 Å². The standard InChI is InChI=1S/C24H22ClFN2O3/c1-16-4-3-5-18(10-16)15-31-24-21(25)11-19(12-22(24)30-2)14-27-28-23(29)13-17-6-8-20(26)9-7-17/h3-12,14H,13,15H2,1-2H3,(H,28,29)/b27-14+. The molecule has 1 amide bonds. The van der Waals surface area contributed by atoms with E-state index >= 15 is 0 Å². The fraction of sp³-hybridized carbons (Fsp3) is 0.167. The number of nitrogens with zero attached hydrogens (tertiary/aromatic N) is 1. The molecule has 0 bridgehead atoms. The van der Waals surface area contributed by atoms with E-state index in [1.165, 1.54) is 25.5 Å². The maximum absolute atomic E-state index is 12.9. The summed E-state index contributed by atoms with van der Waals surface area (Å²) in [4.78, 5) is 12.0. The van der Waals surface area contributed by atoms with Gasteiger partial charge in [0, 0.05) is 0 Å². The molecule has 5 nitrogen and oxygen atoms in total. The third-order valence-corrected chi connectivity index (χ3v) is 4.68. The van der Waals surface area contributed by atoms with E-state index in [1.54, 1.807) is 24.3 Å². The van der Waals surface area contributed by atoms with Crippen molar-refractivity contribution >= 4 is 23.7 Å². The van der Waals surface area contributed by atoms with Crippen molar-refractivity contribution in [1.82, 2.24) is 5.43 Å². The summed E-state index contributed by atoms with van der Waals surface area (Å²) >= 11 is 6.39. The molecule has 0 unspecified atom stereocenters. The predicted molar refractivity (Wildman–Crippen MR) is 119 cm³/mol. The summed E-state index contributed by atoms with van der Waals surface area (Å²) < 4.78 is 24.2. The highest BCUT2D eigenvalue weighted by molar-refractivity contribution is 6.32. The molecular weight excluding hydrogens is 419 g/mol. The summed E-state index contributed by atoms with van der Waals surface area (Å²) in [7, 11) is 1.52. The molecule has 3 aromatic carbocycles. The zero-order chi connectivity index (χ0) is 22.2. The molecule has 0 heterocycles. The zero-order valence-electron chi connectivity index (χ0n) is 17.2. The Labute approximate surface area is 185 Å². The van der Waals surface area contributed by atoms with Gasteiger partial charge in [-0.3, -0.25) is 4.79 Å². The summed E-state index contributed by atoms with van der Waals surface area (Å²) in [6.45, 7) is 2.37. The van der Waals surface area contributed by atoms with Crippen LogP contribution >= 0.6 is 11.6 Å². The molecule has 0 aliphatic carbocycles. The Kier molecular flexibility index (Phi) is 7.62. The number of methoxy groups -OCH3 is 1. The largest absolute Gasteiger partial charge is 0.493 e. The molecular formula is C24H22ClFN2O3. The number of carbonyl (C=O) groups excluding carboxylic acids is 1. The van der Waals surface area contributed by atoms with Gasteiger partial charge in [0.25, 0.3) is 0 Å². The Morgan fingerprint density at radius 3 is 2.61 bits per heavy atom. The SMILES string of the molecule is COc1cc(/C=N/NC(=O)Cc2ccc(F)cc2)cc(Cl)c1OCc1cccc(C)c1. The molecule has 31 heavy (non-hydrogen) atoms. The summed E-state index contributed by atoms with van der Waals surface area (Å²) in [6.07, 6.45) is 1.55. The molecule has 0 aromatic heterocycles. The number of hydrazone groups is 1. The summed E-state index contributed by atoms with van der Waals surface area (Å²) in [5.41, 5.74) is 5.93. The second-order valence-electron chi connectivity index (χ2n) is 6.91. The highest BCUT2D eigenvalue weighted by atomic mass is 35.5. The number of aryl methyl sites for hydroxylation is 1. The topological polar surface area (TPSA) is 59.9 Å². The molecule has 0 aliphatic rings. The molecule has 3 aromatic rings. The average molecular weight is 441 g/mol. The third kappa shape index (κ3) is 6.55. The molecule has 0 radical (unpaired) electrons. The van der Waals surface area contributed by atoms with Gasteiger partial charge in [0.1, 0.15) is 12.4 Å². The van der Waals surface area contributed by atoms with E-state index in [1.807, 2.05) is 31.2 Å². The van der Waals surface area contributed by atoms with Gasteiger partial charge in [-0.15, -0.1) is 0 Å². The Morgan fingerprint density at radius 1 is 1.13 bits per heavy atom. The lowest BCUT2D eigenvalue weighted by molar-refractivity contribution is -0.120. The van der Waals surface area contributed by atoms with E-state index in [4.69, 9.17) is 21.1 Å². The molecule has 0 fully saturated rings. The van der Waals surface area contributed by atoms with Crippen molar-refractivity contribution in [3.05, 3.63) is 93.8 Å². The fourth-order valence-electron chi connectivity index (χ4n) is 2.92. The van der Waals surface area contributed by atoms with Crippen LogP contribution in [0.15, 0.2) is 65.8 Å². The van der Waals surface area contributed by atoms with Crippen LogP contribution in [0.4, 0.5) is 4.39 Å². The van der Waals surface area contributed by atoms with Gasteiger partial charge in [-0.1, -0.05) is 53.6 Å². The lowest BCUT2D eigenvalue weighted by atomic mass is 10.1. The van der Waals surface area contributed by atoms with Crippen LogP contribution in [0.3, 0.4) is 0 Å². The molecule has 7 heteroatoms. The second kappa shape index (κ2) is 10.6. The van der Waals surface area contributed by atoms with Gasteiger partial charge < -0.3 is 9.47 Å². The van der Waals surface area contributed by atoms with Crippen molar-refractivity contribution < 1.29 is 18.7 Å². The summed E-state index contributed by atoms with van der Waals surface area (Å²) in [6, 6.07) is 17.1. The molecule has 0 saturated heterocycles. The molecule has 0 saturated carbocycles. The maximum Gasteiger partial charge on any atom is 0.244 e. The number of hydrogen-bond acceptors (Lipinski definition) is 4. The highest BCUT2D eigenvalue weighted by Crippen LogP contribution is 2.36. The van der Waals surface area contributed by atoms with Crippen molar-refractivity contribution in [3.8, 4) is 11.5 Å². The minimum Gasteiger partial charge on any atom is -0.493 e. The van der Waals surface area contributed by atoms with Crippen LogP contribution in [0.25, 0.3) is 0 Å². The Bertz CT molecular complexity index is 1080. The quantitative estimate of drug-likeness (QED) is 0.393. The number of amides is 1. The normalized spacial score (nSPS) is 10.8. The number of carbonyl (C=O) groups is 1. The Hall–Kier alpha value is -3.38. The minimum absolute atomic E-state index is 0.0907. The summed E-state index contributed by atoms with van der Waals surface area (Å²) in [5.74, 6) is 0.223. The van der Waals surface area contributed by atoms with Crippen LogP contribution < -0.4 is 14.9 Å². The van der Waals surface area contributed by atoms with Crippen molar-refractivity contribution in [2.24, 2.45) is 5.10 Å². The van der Waals surface area contributed by atoms with Crippen LogP contribution in [0.1, 0.15) is 22.3 Å². The number of nitrogens with one attached hydrogen (secondary N) is 1. The van der Waals surface area contributed by atoms with Crippen LogP contribution in [0.2, 0.25) is 5.02 Å². The first-order valence-electron chi connectivity index (χ1n) is 9.57. The number of benzene rings is 3. The zero-order valence-corrected chi connectivity index (χ0v) is 17.9. The number of ether oxygens (including phenoxy) is 2. The summed E-state index contributed by atoms with van der Waals surface area (Å²) in [5, 5.41) is 4.32. The van der Waals surface area contributed by atoms with Gasteiger partial charge in [0.05, 0.1) is 24.8 Å². The molecule has 3 rings (SSSR count).